The summed E-state index contributed by atoms with van der Waals surface area (Å²) < 4.78 is 1.43. The van der Waals surface area contributed by atoms with Crippen LogP contribution >= 0.6 is 22.7 Å². The minimum absolute atomic E-state index is 0.138. The Bertz CT molecular complexity index is 1150. The molecule has 9 heteroatoms. The summed E-state index contributed by atoms with van der Waals surface area (Å²) in [5, 5.41) is 12.8. The summed E-state index contributed by atoms with van der Waals surface area (Å²) >= 11 is 2.98. The molecular formula is C21H27N5O2S2. The molecule has 3 heterocycles. The van der Waals surface area contributed by atoms with E-state index in [-0.39, 0.29) is 16.9 Å². The lowest BCUT2D eigenvalue weighted by molar-refractivity contribution is -0.118. The van der Waals surface area contributed by atoms with E-state index in [9.17, 15) is 9.59 Å². The van der Waals surface area contributed by atoms with E-state index >= 15 is 0 Å². The number of thiophene rings is 1. The van der Waals surface area contributed by atoms with Gasteiger partial charge in [0.25, 0.3) is 5.56 Å². The van der Waals surface area contributed by atoms with Gasteiger partial charge in [0.1, 0.15) is 15.9 Å². The first kappa shape index (κ1) is 21.1. The number of hydrogen-bond donors (Lipinski definition) is 1. The zero-order valence-electron chi connectivity index (χ0n) is 18.0. The summed E-state index contributed by atoms with van der Waals surface area (Å²) in [5.41, 5.74) is 1.24. The second-order valence-electron chi connectivity index (χ2n) is 8.97. The normalized spacial score (nSPS) is 17.7. The van der Waals surface area contributed by atoms with Gasteiger partial charge in [-0.05, 0) is 49.5 Å². The molecule has 30 heavy (non-hydrogen) atoms. The Morgan fingerprint density at radius 3 is 2.77 bits per heavy atom. The molecule has 0 aliphatic heterocycles. The average Bonchev–Trinajstić information content (AvgIpc) is 3.30. The molecule has 0 bridgehead atoms. The topological polar surface area (TPSA) is 89.8 Å². The summed E-state index contributed by atoms with van der Waals surface area (Å²) in [5.74, 6) is 0.304. The number of rotatable bonds is 4. The number of nitrogens with zero attached hydrogens (tertiary/aromatic N) is 4. The predicted octanol–water partition coefficient (Wildman–Crippen LogP) is 4.22. The molecule has 3 aromatic heterocycles. The van der Waals surface area contributed by atoms with Crippen LogP contribution in [0.1, 0.15) is 62.5 Å². The summed E-state index contributed by atoms with van der Waals surface area (Å²) in [4.78, 5) is 32.6. The molecule has 0 saturated carbocycles. The van der Waals surface area contributed by atoms with Gasteiger partial charge >= 0.3 is 0 Å². The van der Waals surface area contributed by atoms with Gasteiger partial charge in [-0.15, -0.1) is 21.5 Å². The maximum atomic E-state index is 13.3. The van der Waals surface area contributed by atoms with Crippen LogP contribution in [-0.4, -0.2) is 25.7 Å². The van der Waals surface area contributed by atoms with Crippen molar-refractivity contribution >= 4 is 43.9 Å². The van der Waals surface area contributed by atoms with Crippen molar-refractivity contribution in [1.82, 2.24) is 19.7 Å². The number of aryl methyl sites for hydroxylation is 2. The van der Waals surface area contributed by atoms with Gasteiger partial charge in [0.15, 0.2) is 0 Å². The van der Waals surface area contributed by atoms with E-state index in [0.717, 1.165) is 41.1 Å². The van der Waals surface area contributed by atoms with Crippen LogP contribution in [0.25, 0.3) is 10.2 Å². The number of carbonyl (C=O) groups excluding carboxylic acids is 1. The highest BCUT2D eigenvalue weighted by molar-refractivity contribution is 7.18. The van der Waals surface area contributed by atoms with Gasteiger partial charge in [-0.2, -0.15) is 0 Å². The van der Waals surface area contributed by atoms with Crippen molar-refractivity contribution in [3.8, 4) is 0 Å². The molecule has 1 aliphatic carbocycles. The van der Waals surface area contributed by atoms with Crippen LogP contribution in [0.3, 0.4) is 0 Å². The van der Waals surface area contributed by atoms with Gasteiger partial charge in [-0.25, -0.2) is 4.98 Å². The first-order chi connectivity index (χ1) is 14.2. The second-order valence-corrected chi connectivity index (χ2v) is 11.1. The highest BCUT2D eigenvalue weighted by atomic mass is 32.1. The number of carbonyl (C=O) groups is 1. The number of hydrogen-bond acceptors (Lipinski definition) is 7. The van der Waals surface area contributed by atoms with Crippen LogP contribution in [0.15, 0.2) is 11.1 Å². The molecule has 2 atom stereocenters. The molecular weight excluding hydrogens is 418 g/mol. The fraction of sp³-hybridized carbons (Fsp3) is 0.571. The van der Waals surface area contributed by atoms with Crippen molar-refractivity contribution in [1.29, 1.82) is 0 Å². The zero-order valence-corrected chi connectivity index (χ0v) is 19.6. The van der Waals surface area contributed by atoms with E-state index in [1.165, 1.54) is 27.1 Å². The van der Waals surface area contributed by atoms with Crippen LogP contribution < -0.4 is 10.9 Å². The molecule has 0 radical (unpaired) electrons. The molecule has 4 rings (SSSR count). The Morgan fingerprint density at radius 1 is 1.33 bits per heavy atom. The fourth-order valence-electron chi connectivity index (χ4n) is 3.98. The van der Waals surface area contributed by atoms with Gasteiger partial charge in [0.05, 0.1) is 11.7 Å². The number of anilines is 1. The Kier molecular flexibility index (Phi) is 5.52. The Balaban J connectivity index is 1.63. The summed E-state index contributed by atoms with van der Waals surface area (Å²) in [6.45, 7) is 10.5. The van der Waals surface area contributed by atoms with E-state index in [2.05, 4.69) is 41.3 Å². The van der Waals surface area contributed by atoms with Crippen LogP contribution in [0.2, 0.25) is 0 Å². The lowest BCUT2D eigenvalue weighted by Gasteiger charge is -2.33. The van der Waals surface area contributed by atoms with Crippen LogP contribution in [0, 0.1) is 11.3 Å². The lowest BCUT2D eigenvalue weighted by Crippen LogP contribution is -2.32. The van der Waals surface area contributed by atoms with Crippen molar-refractivity contribution in [3.63, 3.8) is 0 Å². The third-order valence-electron chi connectivity index (χ3n) is 6.02. The first-order valence-electron chi connectivity index (χ1n) is 10.3. The van der Waals surface area contributed by atoms with E-state index in [1.807, 2.05) is 6.92 Å². The van der Waals surface area contributed by atoms with Crippen molar-refractivity contribution in [2.24, 2.45) is 11.3 Å². The third kappa shape index (κ3) is 3.80. The van der Waals surface area contributed by atoms with Crippen LogP contribution in [-0.2, 0) is 24.1 Å². The number of amides is 1. The standard InChI is InChI=1S/C21H27N5O2S2/c1-6-15-24-25-20(30-15)23-17(27)11(2)26-10-22-18-16(19(26)28)13-8-7-12(21(3,4)5)9-14(13)29-18/h10-12H,6-9H2,1-5H3,(H,23,25,27). The average molecular weight is 446 g/mol. The van der Waals surface area contributed by atoms with Gasteiger partial charge < -0.3 is 0 Å². The van der Waals surface area contributed by atoms with Crippen LogP contribution in [0.5, 0.6) is 0 Å². The lowest BCUT2D eigenvalue weighted by atomic mass is 9.72. The van der Waals surface area contributed by atoms with Crippen molar-refractivity contribution in [2.75, 3.05) is 5.32 Å². The molecule has 2 unspecified atom stereocenters. The summed E-state index contributed by atoms with van der Waals surface area (Å²) in [6.07, 6.45) is 5.22. The molecule has 3 aromatic rings. The SMILES string of the molecule is CCc1nnc(NC(=O)C(C)n2cnc3sc4c(c3c2=O)CCC(C(C)(C)C)C4)s1. The first-order valence-corrected chi connectivity index (χ1v) is 12.0. The number of fused-ring (bicyclic) bond motifs is 3. The molecule has 1 aliphatic rings. The summed E-state index contributed by atoms with van der Waals surface area (Å²) in [6, 6.07) is -0.690. The molecule has 0 aromatic carbocycles. The van der Waals surface area contributed by atoms with Gasteiger partial charge in [-0.1, -0.05) is 39.0 Å². The van der Waals surface area contributed by atoms with E-state index < -0.39 is 6.04 Å². The van der Waals surface area contributed by atoms with Gasteiger partial charge in [0, 0.05) is 4.88 Å². The van der Waals surface area contributed by atoms with Crippen molar-refractivity contribution < 1.29 is 4.79 Å². The van der Waals surface area contributed by atoms with E-state index in [4.69, 9.17) is 0 Å². The second kappa shape index (κ2) is 7.85. The minimum Gasteiger partial charge on any atom is -0.299 e. The quantitative estimate of drug-likeness (QED) is 0.649. The largest absolute Gasteiger partial charge is 0.299 e. The monoisotopic (exact) mass is 445 g/mol. The molecule has 0 saturated heterocycles. The Hall–Kier alpha value is -2.13. The smallest absolute Gasteiger partial charge is 0.263 e. The predicted molar refractivity (Wildman–Crippen MR) is 121 cm³/mol. The Labute approximate surface area is 183 Å². The van der Waals surface area contributed by atoms with Gasteiger partial charge in [0.2, 0.25) is 11.0 Å². The third-order valence-corrected chi connectivity index (χ3v) is 8.16. The number of nitrogens with one attached hydrogen (secondary N) is 1. The zero-order chi connectivity index (χ0) is 21.6. The summed E-state index contributed by atoms with van der Waals surface area (Å²) in [7, 11) is 0. The van der Waals surface area contributed by atoms with Gasteiger partial charge in [-0.3, -0.25) is 19.5 Å². The molecule has 1 N–H and O–H groups in total. The molecule has 0 fully saturated rings. The molecule has 160 valence electrons. The highest BCUT2D eigenvalue weighted by Crippen LogP contribution is 2.42. The molecule has 7 nitrogen and oxygen atoms in total. The highest BCUT2D eigenvalue weighted by Gasteiger charge is 2.32. The fourth-order valence-corrected chi connectivity index (χ4v) is 5.92. The maximum Gasteiger partial charge on any atom is 0.263 e. The maximum absolute atomic E-state index is 13.3. The number of aromatic nitrogens is 4. The van der Waals surface area contributed by atoms with Crippen molar-refractivity contribution in [2.45, 2.75) is 66.3 Å². The Morgan fingerprint density at radius 2 is 2.10 bits per heavy atom. The minimum atomic E-state index is -0.690. The van der Waals surface area contributed by atoms with E-state index in [0.29, 0.717) is 16.4 Å². The molecule has 0 spiro atoms. The van der Waals surface area contributed by atoms with Crippen molar-refractivity contribution in [3.05, 3.63) is 32.1 Å². The molecule has 1 amide bonds. The van der Waals surface area contributed by atoms with E-state index in [1.54, 1.807) is 18.3 Å². The van der Waals surface area contributed by atoms with Crippen LogP contribution in [0.4, 0.5) is 5.13 Å².